The Labute approximate surface area is 140 Å². The number of hydrogen-bond donors (Lipinski definition) is 1. The SMILES string of the molecule is CCOc1ccc(NC(=O)/C(C#N)=C\c2ccc(C#N)cc2)cc1. The van der Waals surface area contributed by atoms with Gasteiger partial charge >= 0.3 is 0 Å². The molecule has 24 heavy (non-hydrogen) atoms. The average molecular weight is 317 g/mol. The normalized spacial score (nSPS) is 10.4. The number of nitrogens with one attached hydrogen (secondary N) is 1. The van der Waals surface area contributed by atoms with E-state index >= 15 is 0 Å². The van der Waals surface area contributed by atoms with Gasteiger partial charge in [-0.15, -0.1) is 0 Å². The van der Waals surface area contributed by atoms with E-state index in [1.165, 1.54) is 6.08 Å². The Balaban J connectivity index is 2.12. The van der Waals surface area contributed by atoms with Gasteiger partial charge < -0.3 is 10.1 Å². The molecule has 118 valence electrons. The minimum absolute atomic E-state index is 0.0198. The highest BCUT2D eigenvalue weighted by molar-refractivity contribution is 6.09. The number of ether oxygens (including phenoxy) is 1. The lowest BCUT2D eigenvalue weighted by atomic mass is 10.1. The molecule has 0 fully saturated rings. The van der Waals surface area contributed by atoms with E-state index in [0.29, 0.717) is 29.2 Å². The van der Waals surface area contributed by atoms with Crippen LogP contribution in [0.3, 0.4) is 0 Å². The highest BCUT2D eigenvalue weighted by atomic mass is 16.5. The van der Waals surface area contributed by atoms with Gasteiger partial charge in [0.2, 0.25) is 0 Å². The van der Waals surface area contributed by atoms with Gasteiger partial charge in [-0.05, 0) is 55.0 Å². The Kier molecular flexibility index (Phi) is 5.71. The molecule has 1 N–H and O–H groups in total. The molecule has 5 nitrogen and oxygen atoms in total. The quantitative estimate of drug-likeness (QED) is 0.675. The summed E-state index contributed by atoms with van der Waals surface area (Å²) in [5, 5.41) is 20.6. The van der Waals surface area contributed by atoms with Crippen LogP contribution in [0.15, 0.2) is 54.1 Å². The number of nitriles is 2. The molecule has 5 heteroatoms. The second-order valence-corrected chi connectivity index (χ2v) is 4.82. The number of anilines is 1. The lowest BCUT2D eigenvalue weighted by Crippen LogP contribution is -2.13. The molecule has 0 unspecified atom stereocenters. The van der Waals surface area contributed by atoms with Crippen molar-refractivity contribution >= 4 is 17.7 Å². The van der Waals surface area contributed by atoms with Crippen LogP contribution in [0.4, 0.5) is 5.69 Å². The second kappa shape index (κ2) is 8.17. The maximum Gasteiger partial charge on any atom is 0.266 e. The van der Waals surface area contributed by atoms with Crippen LogP contribution in [0.25, 0.3) is 6.08 Å². The number of benzene rings is 2. The summed E-state index contributed by atoms with van der Waals surface area (Å²) in [7, 11) is 0. The van der Waals surface area contributed by atoms with Crippen molar-refractivity contribution in [3.05, 3.63) is 65.2 Å². The summed E-state index contributed by atoms with van der Waals surface area (Å²) in [5.41, 5.74) is 1.75. The molecule has 0 aromatic heterocycles. The molecule has 0 atom stereocenters. The molecule has 0 aliphatic carbocycles. The van der Waals surface area contributed by atoms with Crippen LogP contribution in [0.1, 0.15) is 18.1 Å². The number of carbonyl (C=O) groups is 1. The first-order valence-electron chi connectivity index (χ1n) is 7.32. The van der Waals surface area contributed by atoms with Crippen molar-refractivity contribution in [1.82, 2.24) is 0 Å². The Morgan fingerprint density at radius 3 is 2.33 bits per heavy atom. The number of nitrogens with zero attached hydrogens (tertiary/aromatic N) is 2. The monoisotopic (exact) mass is 317 g/mol. The second-order valence-electron chi connectivity index (χ2n) is 4.82. The van der Waals surface area contributed by atoms with E-state index in [2.05, 4.69) is 5.32 Å². The van der Waals surface area contributed by atoms with Crippen LogP contribution < -0.4 is 10.1 Å². The van der Waals surface area contributed by atoms with Crippen LogP contribution in [0, 0.1) is 22.7 Å². The zero-order valence-corrected chi connectivity index (χ0v) is 13.1. The van der Waals surface area contributed by atoms with Crippen molar-refractivity contribution < 1.29 is 9.53 Å². The van der Waals surface area contributed by atoms with Gasteiger partial charge in [0, 0.05) is 5.69 Å². The Morgan fingerprint density at radius 2 is 1.79 bits per heavy atom. The number of hydrogen-bond acceptors (Lipinski definition) is 4. The largest absolute Gasteiger partial charge is 0.494 e. The van der Waals surface area contributed by atoms with Gasteiger partial charge in [0.15, 0.2) is 0 Å². The molecule has 1 amide bonds. The molecule has 0 radical (unpaired) electrons. The zero-order valence-electron chi connectivity index (χ0n) is 13.1. The molecule has 0 aliphatic rings. The summed E-state index contributed by atoms with van der Waals surface area (Å²) in [5.74, 6) is 0.218. The van der Waals surface area contributed by atoms with Crippen LogP contribution in [-0.2, 0) is 4.79 Å². The maximum absolute atomic E-state index is 12.2. The van der Waals surface area contributed by atoms with Crippen molar-refractivity contribution in [3.8, 4) is 17.9 Å². The summed E-state index contributed by atoms with van der Waals surface area (Å²) in [6, 6.07) is 17.4. The highest BCUT2D eigenvalue weighted by Crippen LogP contribution is 2.17. The molecule has 0 aliphatic heterocycles. The van der Waals surface area contributed by atoms with Crippen molar-refractivity contribution in [2.45, 2.75) is 6.92 Å². The van der Waals surface area contributed by atoms with Crippen molar-refractivity contribution in [2.75, 3.05) is 11.9 Å². The third kappa shape index (κ3) is 4.46. The van der Waals surface area contributed by atoms with Gasteiger partial charge in [0.1, 0.15) is 17.4 Å². The first kappa shape index (κ1) is 16.8. The van der Waals surface area contributed by atoms with Crippen molar-refractivity contribution in [1.29, 1.82) is 10.5 Å². The fourth-order valence-electron chi connectivity index (χ4n) is 1.97. The van der Waals surface area contributed by atoms with Gasteiger partial charge in [-0.2, -0.15) is 10.5 Å². The summed E-state index contributed by atoms with van der Waals surface area (Å²) < 4.78 is 5.33. The minimum atomic E-state index is -0.494. The smallest absolute Gasteiger partial charge is 0.266 e. The summed E-state index contributed by atoms with van der Waals surface area (Å²) in [4.78, 5) is 12.2. The van der Waals surface area contributed by atoms with E-state index in [4.69, 9.17) is 10.00 Å². The number of rotatable bonds is 5. The molecule has 0 bridgehead atoms. The van der Waals surface area contributed by atoms with E-state index in [9.17, 15) is 10.1 Å². The first-order chi connectivity index (χ1) is 11.7. The third-order valence-electron chi connectivity index (χ3n) is 3.14. The third-order valence-corrected chi connectivity index (χ3v) is 3.14. The Morgan fingerprint density at radius 1 is 1.12 bits per heavy atom. The maximum atomic E-state index is 12.2. The van der Waals surface area contributed by atoms with Crippen molar-refractivity contribution in [3.63, 3.8) is 0 Å². The number of carbonyl (C=O) groups excluding carboxylic acids is 1. The van der Waals surface area contributed by atoms with Crippen LogP contribution in [0.2, 0.25) is 0 Å². The topological polar surface area (TPSA) is 85.9 Å². The fourth-order valence-corrected chi connectivity index (χ4v) is 1.97. The van der Waals surface area contributed by atoms with E-state index in [-0.39, 0.29) is 5.57 Å². The molecule has 0 saturated carbocycles. The van der Waals surface area contributed by atoms with Gasteiger partial charge in [-0.3, -0.25) is 4.79 Å². The predicted octanol–water partition coefficient (Wildman–Crippen LogP) is 3.50. The summed E-state index contributed by atoms with van der Waals surface area (Å²) >= 11 is 0. The summed E-state index contributed by atoms with van der Waals surface area (Å²) in [6.07, 6.45) is 1.48. The molecule has 0 heterocycles. The lowest BCUT2D eigenvalue weighted by Gasteiger charge is -2.06. The molecule has 2 rings (SSSR count). The van der Waals surface area contributed by atoms with Gasteiger partial charge in [-0.1, -0.05) is 12.1 Å². The standard InChI is InChI=1S/C19H15N3O2/c1-2-24-18-9-7-17(8-10-18)22-19(23)16(13-21)11-14-3-5-15(12-20)6-4-14/h3-11H,2H2,1H3,(H,22,23)/b16-11-. The molecular formula is C19H15N3O2. The van der Waals surface area contributed by atoms with Crippen molar-refractivity contribution in [2.24, 2.45) is 0 Å². The van der Waals surface area contributed by atoms with Crippen LogP contribution in [0.5, 0.6) is 5.75 Å². The van der Waals surface area contributed by atoms with Gasteiger partial charge in [-0.25, -0.2) is 0 Å². The van der Waals surface area contributed by atoms with Gasteiger partial charge in [0.25, 0.3) is 5.91 Å². The number of amides is 1. The van der Waals surface area contributed by atoms with E-state index in [1.807, 2.05) is 19.1 Å². The van der Waals surface area contributed by atoms with Crippen LogP contribution >= 0.6 is 0 Å². The highest BCUT2D eigenvalue weighted by Gasteiger charge is 2.09. The van der Waals surface area contributed by atoms with Crippen LogP contribution in [-0.4, -0.2) is 12.5 Å². The van der Waals surface area contributed by atoms with Gasteiger partial charge in [0.05, 0.1) is 18.2 Å². The first-order valence-corrected chi connectivity index (χ1v) is 7.32. The fraction of sp³-hybridized carbons (Fsp3) is 0.105. The summed E-state index contributed by atoms with van der Waals surface area (Å²) in [6.45, 7) is 2.46. The Bertz CT molecular complexity index is 823. The molecule has 2 aromatic rings. The van der Waals surface area contributed by atoms with E-state index in [0.717, 1.165) is 0 Å². The lowest BCUT2D eigenvalue weighted by molar-refractivity contribution is -0.112. The predicted molar refractivity (Wildman–Crippen MR) is 91.0 cm³/mol. The molecule has 0 spiro atoms. The zero-order chi connectivity index (χ0) is 17.4. The average Bonchev–Trinajstić information content (AvgIpc) is 2.62. The van der Waals surface area contributed by atoms with E-state index < -0.39 is 5.91 Å². The molecule has 0 saturated heterocycles. The minimum Gasteiger partial charge on any atom is -0.494 e. The molecule has 2 aromatic carbocycles. The molecular weight excluding hydrogens is 302 g/mol. The van der Waals surface area contributed by atoms with E-state index in [1.54, 1.807) is 48.5 Å². The Hall–Kier alpha value is -3.57.